The van der Waals surface area contributed by atoms with Gasteiger partial charge in [-0.15, -0.1) is 0 Å². The zero-order chi connectivity index (χ0) is 14.8. The molecule has 1 aliphatic rings. The SMILES string of the molecule is Cc1cc(C)nc(Sc2cc(F)cc(CNC3CC3)c2)n1. The molecule has 1 aromatic heterocycles. The van der Waals surface area contributed by atoms with Gasteiger partial charge in [-0.2, -0.15) is 0 Å². The van der Waals surface area contributed by atoms with E-state index in [0.29, 0.717) is 17.7 Å². The van der Waals surface area contributed by atoms with E-state index in [2.05, 4.69) is 15.3 Å². The molecule has 0 saturated heterocycles. The second-order valence-electron chi connectivity index (χ2n) is 5.49. The lowest BCUT2D eigenvalue weighted by atomic mass is 10.2. The van der Waals surface area contributed by atoms with Gasteiger partial charge in [0.25, 0.3) is 0 Å². The molecule has 1 N–H and O–H groups in total. The van der Waals surface area contributed by atoms with Crippen LogP contribution in [0.4, 0.5) is 4.39 Å². The van der Waals surface area contributed by atoms with Gasteiger partial charge >= 0.3 is 0 Å². The van der Waals surface area contributed by atoms with Crippen LogP contribution < -0.4 is 5.32 Å². The van der Waals surface area contributed by atoms with Crippen molar-refractivity contribution in [1.29, 1.82) is 0 Å². The Morgan fingerprint density at radius 1 is 1.14 bits per heavy atom. The quantitative estimate of drug-likeness (QED) is 0.856. The lowest BCUT2D eigenvalue weighted by molar-refractivity contribution is 0.615. The first kappa shape index (κ1) is 14.5. The number of nitrogens with zero attached hydrogens (tertiary/aromatic N) is 2. The molecule has 0 aliphatic heterocycles. The largest absolute Gasteiger partial charge is 0.310 e. The van der Waals surface area contributed by atoms with E-state index < -0.39 is 0 Å². The molecule has 3 rings (SSSR count). The van der Waals surface area contributed by atoms with Crippen LogP contribution in [0.1, 0.15) is 29.8 Å². The van der Waals surface area contributed by atoms with Crippen molar-refractivity contribution in [3.63, 3.8) is 0 Å². The van der Waals surface area contributed by atoms with Crippen LogP contribution in [0.5, 0.6) is 0 Å². The Bertz CT molecular complexity index is 636. The number of halogens is 1. The summed E-state index contributed by atoms with van der Waals surface area (Å²) in [6.45, 7) is 4.59. The molecule has 1 heterocycles. The van der Waals surface area contributed by atoms with E-state index in [0.717, 1.165) is 21.8 Å². The fraction of sp³-hybridized carbons (Fsp3) is 0.375. The van der Waals surface area contributed by atoms with Gasteiger partial charge in [0.05, 0.1) is 0 Å². The summed E-state index contributed by atoms with van der Waals surface area (Å²) in [5.41, 5.74) is 2.82. The highest BCUT2D eigenvalue weighted by atomic mass is 32.2. The average Bonchev–Trinajstić information content (AvgIpc) is 3.18. The summed E-state index contributed by atoms with van der Waals surface area (Å²) in [6.07, 6.45) is 2.46. The molecule has 1 saturated carbocycles. The summed E-state index contributed by atoms with van der Waals surface area (Å²) in [4.78, 5) is 9.61. The Morgan fingerprint density at radius 2 is 1.86 bits per heavy atom. The molecule has 1 fully saturated rings. The van der Waals surface area contributed by atoms with Crippen LogP contribution in [-0.2, 0) is 6.54 Å². The number of nitrogens with one attached hydrogen (secondary N) is 1. The maximum Gasteiger partial charge on any atom is 0.192 e. The summed E-state index contributed by atoms with van der Waals surface area (Å²) in [5, 5.41) is 4.07. The van der Waals surface area contributed by atoms with Gasteiger partial charge < -0.3 is 5.32 Å². The molecular weight excluding hydrogens is 285 g/mol. The predicted molar refractivity (Wildman–Crippen MR) is 81.9 cm³/mol. The highest BCUT2D eigenvalue weighted by Gasteiger charge is 2.20. The molecular formula is C16H18FN3S. The number of rotatable bonds is 5. The van der Waals surface area contributed by atoms with Gasteiger partial charge in [-0.05, 0) is 68.3 Å². The molecule has 3 nitrogen and oxygen atoms in total. The molecule has 21 heavy (non-hydrogen) atoms. The van der Waals surface area contributed by atoms with Crippen LogP contribution in [0, 0.1) is 19.7 Å². The van der Waals surface area contributed by atoms with Crippen LogP contribution in [0.3, 0.4) is 0 Å². The summed E-state index contributed by atoms with van der Waals surface area (Å²) < 4.78 is 13.7. The Kier molecular flexibility index (Phi) is 4.22. The average molecular weight is 303 g/mol. The molecule has 0 bridgehead atoms. The zero-order valence-corrected chi connectivity index (χ0v) is 13.0. The van der Waals surface area contributed by atoms with E-state index >= 15 is 0 Å². The monoisotopic (exact) mass is 303 g/mol. The first-order valence-corrected chi connectivity index (χ1v) is 7.93. The molecule has 1 aromatic carbocycles. The standard InChI is InChI=1S/C16H18FN3S/c1-10-5-11(2)20-16(19-10)21-15-7-12(6-13(17)8-15)9-18-14-3-4-14/h5-8,14,18H,3-4,9H2,1-2H3. The van der Waals surface area contributed by atoms with E-state index in [1.807, 2.05) is 26.0 Å². The van der Waals surface area contributed by atoms with E-state index in [4.69, 9.17) is 0 Å². The van der Waals surface area contributed by atoms with E-state index in [-0.39, 0.29) is 5.82 Å². The van der Waals surface area contributed by atoms with Gasteiger partial charge in [-0.25, -0.2) is 14.4 Å². The zero-order valence-electron chi connectivity index (χ0n) is 12.2. The highest BCUT2D eigenvalue weighted by Crippen LogP contribution is 2.27. The molecule has 0 radical (unpaired) electrons. The number of aromatic nitrogens is 2. The van der Waals surface area contributed by atoms with Gasteiger partial charge in [0.2, 0.25) is 0 Å². The summed E-state index contributed by atoms with van der Waals surface area (Å²) in [5.74, 6) is -0.211. The van der Waals surface area contributed by atoms with Crippen molar-refractivity contribution in [3.05, 3.63) is 47.0 Å². The van der Waals surface area contributed by atoms with Crippen molar-refractivity contribution < 1.29 is 4.39 Å². The topological polar surface area (TPSA) is 37.8 Å². The van der Waals surface area contributed by atoms with Gasteiger partial charge in [-0.3, -0.25) is 0 Å². The normalized spacial score (nSPS) is 14.4. The number of aryl methyl sites for hydroxylation is 2. The van der Waals surface area contributed by atoms with Gasteiger partial charge in [-0.1, -0.05) is 0 Å². The minimum absolute atomic E-state index is 0.211. The lowest BCUT2D eigenvalue weighted by Gasteiger charge is -2.07. The molecule has 0 amide bonds. The maximum atomic E-state index is 13.7. The number of hydrogen-bond donors (Lipinski definition) is 1. The first-order valence-electron chi connectivity index (χ1n) is 7.11. The van der Waals surface area contributed by atoms with E-state index in [1.165, 1.54) is 30.7 Å². The van der Waals surface area contributed by atoms with Crippen molar-refractivity contribution in [1.82, 2.24) is 15.3 Å². The lowest BCUT2D eigenvalue weighted by Crippen LogP contribution is -2.15. The Morgan fingerprint density at radius 3 is 2.52 bits per heavy atom. The van der Waals surface area contributed by atoms with Crippen molar-refractivity contribution >= 4 is 11.8 Å². The minimum Gasteiger partial charge on any atom is -0.310 e. The van der Waals surface area contributed by atoms with Crippen LogP contribution in [0.2, 0.25) is 0 Å². The summed E-state index contributed by atoms with van der Waals surface area (Å²) in [7, 11) is 0. The molecule has 1 aliphatic carbocycles. The molecule has 0 atom stereocenters. The van der Waals surface area contributed by atoms with Gasteiger partial charge in [0, 0.05) is 28.9 Å². The summed E-state index contributed by atoms with van der Waals surface area (Å²) in [6, 6.07) is 7.67. The van der Waals surface area contributed by atoms with Crippen molar-refractivity contribution in [3.8, 4) is 0 Å². The maximum absolute atomic E-state index is 13.7. The fourth-order valence-electron chi connectivity index (χ4n) is 2.18. The Labute approximate surface area is 128 Å². The summed E-state index contributed by atoms with van der Waals surface area (Å²) >= 11 is 1.40. The highest BCUT2D eigenvalue weighted by molar-refractivity contribution is 7.99. The van der Waals surface area contributed by atoms with E-state index in [1.54, 1.807) is 6.07 Å². The molecule has 110 valence electrons. The van der Waals surface area contributed by atoms with Crippen molar-refractivity contribution in [2.75, 3.05) is 0 Å². The van der Waals surface area contributed by atoms with Crippen LogP contribution in [-0.4, -0.2) is 16.0 Å². The molecule has 5 heteroatoms. The fourth-order valence-corrected chi connectivity index (χ4v) is 3.15. The van der Waals surface area contributed by atoms with Crippen molar-refractivity contribution in [2.24, 2.45) is 0 Å². The third-order valence-corrected chi connectivity index (χ3v) is 4.11. The predicted octanol–water partition coefficient (Wildman–Crippen LogP) is 3.64. The molecule has 0 unspecified atom stereocenters. The third-order valence-electron chi connectivity index (χ3n) is 3.27. The Balaban J connectivity index is 1.76. The van der Waals surface area contributed by atoms with Crippen LogP contribution in [0.25, 0.3) is 0 Å². The van der Waals surface area contributed by atoms with Crippen molar-refractivity contribution in [2.45, 2.75) is 49.3 Å². The van der Waals surface area contributed by atoms with Gasteiger partial charge in [0.15, 0.2) is 5.16 Å². The first-order chi connectivity index (χ1) is 10.1. The smallest absolute Gasteiger partial charge is 0.192 e. The second-order valence-corrected chi connectivity index (χ2v) is 6.53. The number of hydrogen-bond acceptors (Lipinski definition) is 4. The number of benzene rings is 1. The third kappa shape index (κ3) is 4.25. The van der Waals surface area contributed by atoms with E-state index in [9.17, 15) is 4.39 Å². The second kappa shape index (κ2) is 6.12. The van der Waals surface area contributed by atoms with Gasteiger partial charge in [0.1, 0.15) is 5.82 Å². The Hall–Kier alpha value is -1.46. The minimum atomic E-state index is -0.211. The van der Waals surface area contributed by atoms with Crippen LogP contribution in [0.15, 0.2) is 34.3 Å². The molecule has 2 aromatic rings. The molecule has 0 spiro atoms. The van der Waals surface area contributed by atoms with Crippen LogP contribution >= 0.6 is 11.8 Å².